The molecule has 0 aliphatic rings. The number of aryl methyl sites for hydroxylation is 1. The molecule has 1 N–H and O–H groups in total. The molecule has 7 heteroatoms. The Balaban J connectivity index is 2.21. The molecular formula is C10H10ClN5O. The van der Waals surface area contributed by atoms with Crippen molar-refractivity contribution in [1.82, 2.24) is 19.7 Å². The molecule has 88 valence electrons. The fourth-order valence-electron chi connectivity index (χ4n) is 1.22. The van der Waals surface area contributed by atoms with Crippen LogP contribution < -0.4 is 5.32 Å². The van der Waals surface area contributed by atoms with Gasteiger partial charge in [-0.1, -0.05) is 0 Å². The van der Waals surface area contributed by atoms with Crippen molar-refractivity contribution in [3.05, 3.63) is 30.2 Å². The monoisotopic (exact) mass is 251 g/mol. The number of nitrogens with zero attached hydrogens (tertiary/aromatic N) is 4. The van der Waals surface area contributed by atoms with Gasteiger partial charge in [-0.15, -0.1) is 16.7 Å². The SMILES string of the molecule is Cc1ccnc(-n2ccc(NC(=O)CCl)n2)n1. The van der Waals surface area contributed by atoms with Crippen LogP contribution in [0.25, 0.3) is 5.95 Å². The van der Waals surface area contributed by atoms with Crippen molar-refractivity contribution in [2.45, 2.75) is 6.92 Å². The smallest absolute Gasteiger partial charge is 0.250 e. The third-order valence-corrected chi connectivity index (χ3v) is 2.21. The summed E-state index contributed by atoms with van der Waals surface area (Å²) >= 11 is 5.38. The number of hydrogen-bond donors (Lipinski definition) is 1. The van der Waals surface area contributed by atoms with E-state index in [0.29, 0.717) is 11.8 Å². The molecule has 2 rings (SSSR count). The van der Waals surface area contributed by atoms with Gasteiger partial charge in [0.25, 0.3) is 5.95 Å². The minimum absolute atomic E-state index is 0.103. The van der Waals surface area contributed by atoms with E-state index in [9.17, 15) is 4.79 Å². The fraction of sp³-hybridized carbons (Fsp3) is 0.200. The number of halogens is 1. The van der Waals surface area contributed by atoms with Crippen molar-refractivity contribution < 1.29 is 4.79 Å². The maximum absolute atomic E-state index is 11.1. The Labute approximate surface area is 103 Å². The maximum atomic E-state index is 11.1. The highest BCUT2D eigenvalue weighted by Crippen LogP contribution is 2.06. The molecule has 17 heavy (non-hydrogen) atoms. The first-order valence-electron chi connectivity index (χ1n) is 4.90. The van der Waals surface area contributed by atoms with Gasteiger partial charge < -0.3 is 5.32 Å². The molecule has 0 bridgehead atoms. The van der Waals surface area contributed by atoms with E-state index in [4.69, 9.17) is 11.6 Å². The molecule has 0 radical (unpaired) electrons. The Hall–Kier alpha value is -1.95. The van der Waals surface area contributed by atoms with Gasteiger partial charge in [0.2, 0.25) is 5.91 Å². The fourth-order valence-corrected chi connectivity index (χ4v) is 1.29. The van der Waals surface area contributed by atoms with E-state index < -0.39 is 0 Å². The standard InChI is InChI=1S/C10H10ClN5O/c1-7-2-4-12-10(13-7)16-5-3-8(15-16)14-9(17)6-11/h2-5H,6H2,1H3,(H,14,15,17). The Bertz CT molecular complexity index is 539. The van der Waals surface area contributed by atoms with Gasteiger partial charge in [0, 0.05) is 24.2 Å². The van der Waals surface area contributed by atoms with Crippen LogP contribution in [0.1, 0.15) is 5.69 Å². The summed E-state index contributed by atoms with van der Waals surface area (Å²) in [7, 11) is 0. The Kier molecular flexibility index (Phi) is 3.34. The molecule has 0 fully saturated rings. The van der Waals surface area contributed by atoms with Crippen LogP contribution in [0.3, 0.4) is 0 Å². The molecule has 0 atom stereocenters. The minimum atomic E-state index is -0.304. The summed E-state index contributed by atoms with van der Waals surface area (Å²) in [6, 6.07) is 3.44. The van der Waals surface area contributed by atoms with Crippen molar-refractivity contribution in [3.63, 3.8) is 0 Å². The van der Waals surface area contributed by atoms with Crippen LogP contribution in [0.15, 0.2) is 24.5 Å². The van der Waals surface area contributed by atoms with E-state index >= 15 is 0 Å². The zero-order valence-electron chi connectivity index (χ0n) is 9.09. The molecule has 0 unspecified atom stereocenters. The second-order valence-electron chi connectivity index (χ2n) is 3.33. The Morgan fingerprint density at radius 3 is 3.06 bits per heavy atom. The van der Waals surface area contributed by atoms with Gasteiger partial charge in [-0.2, -0.15) is 0 Å². The molecule has 2 aromatic heterocycles. The van der Waals surface area contributed by atoms with Crippen molar-refractivity contribution in [1.29, 1.82) is 0 Å². The van der Waals surface area contributed by atoms with Crippen molar-refractivity contribution in [2.24, 2.45) is 0 Å². The lowest BCUT2D eigenvalue weighted by Gasteiger charge is -2.00. The van der Waals surface area contributed by atoms with Crippen molar-refractivity contribution >= 4 is 23.3 Å². The van der Waals surface area contributed by atoms with Gasteiger partial charge in [-0.05, 0) is 13.0 Å². The summed E-state index contributed by atoms with van der Waals surface area (Å²) < 4.78 is 1.48. The summed E-state index contributed by atoms with van der Waals surface area (Å²) in [5.41, 5.74) is 0.844. The molecule has 2 heterocycles. The molecule has 0 aliphatic heterocycles. The number of hydrogen-bond acceptors (Lipinski definition) is 4. The number of rotatable bonds is 3. The van der Waals surface area contributed by atoms with Gasteiger partial charge >= 0.3 is 0 Å². The van der Waals surface area contributed by atoms with E-state index in [1.165, 1.54) is 4.68 Å². The summed E-state index contributed by atoms with van der Waals surface area (Å²) in [6.45, 7) is 1.87. The lowest BCUT2D eigenvalue weighted by molar-refractivity contribution is -0.113. The average Bonchev–Trinajstić information content (AvgIpc) is 2.77. The molecule has 2 aromatic rings. The normalized spacial score (nSPS) is 10.2. The molecule has 0 saturated carbocycles. The number of amides is 1. The topological polar surface area (TPSA) is 72.7 Å². The predicted octanol–water partition coefficient (Wildman–Crippen LogP) is 1.15. The molecule has 0 aromatic carbocycles. The van der Waals surface area contributed by atoms with Crippen LogP contribution in [0.4, 0.5) is 5.82 Å². The average molecular weight is 252 g/mol. The van der Waals surface area contributed by atoms with Crippen molar-refractivity contribution in [2.75, 3.05) is 11.2 Å². The van der Waals surface area contributed by atoms with E-state index in [0.717, 1.165) is 5.69 Å². The number of nitrogens with one attached hydrogen (secondary N) is 1. The molecular weight excluding hydrogens is 242 g/mol. The molecule has 1 amide bonds. The summed E-state index contributed by atoms with van der Waals surface area (Å²) in [6.07, 6.45) is 3.31. The predicted molar refractivity (Wildman–Crippen MR) is 63.2 cm³/mol. The third-order valence-electron chi connectivity index (χ3n) is 1.96. The first-order valence-corrected chi connectivity index (χ1v) is 5.44. The third kappa shape index (κ3) is 2.79. The van der Waals surface area contributed by atoms with Gasteiger partial charge in [0.15, 0.2) is 5.82 Å². The van der Waals surface area contributed by atoms with Crippen LogP contribution in [-0.2, 0) is 4.79 Å². The highest BCUT2D eigenvalue weighted by molar-refractivity contribution is 6.28. The van der Waals surface area contributed by atoms with Crippen LogP contribution >= 0.6 is 11.6 Å². The lowest BCUT2D eigenvalue weighted by Crippen LogP contribution is -2.13. The second kappa shape index (κ2) is 4.92. The van der Waals surface area contributed by atoms with E-state index in [-0.39, 0.29) is 11.8 Å². The zero-order valence-corrected chi connectivity index (χ0v) is 9.85. The lowest BCUT2D eigenvalue weighted by atomic mass is 10.5. The Morgan fingerprint density at radius 1 is 1.53 bits per heavy atom. The number of carbonyl (C=O) groups is 1. The molecule has 6 nitrogen and oxygen atoms in total. The van der Waals surface area contributed by atoms with Crippen LogP contribution in [0.2, 0.25) is 0 Å². The number of anilines is 1. The molecule has 0 aliphatic carbocycles. The summed E-state index contributed by atoms with van der Waals surface area (Å²) in [5, 5.41) is 6.65. The number of aromatic nitrogens is 4. The highest BCUT2D eigenvalue weighted by atomic mass is 35.5. The maximum Gasteiger partial charge on any atom is 0.250 e. The summed E-state index contributed by atoms with van der Waals surface area (Å²) in [4.78, 5) is 19.3. The summed E-state index contributed by atoms with van der Waals surface area (Å²) in [5.74, 6) is 0.465. The van der Waals surface area contributed by atoms with Crippen LogP contribution in [0.5, 0.6) is 0 Å². The number of carbonyl (C=O) groups excluding carboxylic acids is 1. The second-order valence-corrected chi connectivity index (χ2v) is 3.59. The first kappa shape index (κ1) is 11.5. The first-order chi connectivity index (χ1) is 8.19. The van der Waals surface area contributed by atoms with Gasteiger partial charge in [0.05, 0.1) is 0 Å². The van der Waals surface area contributed by atoms with Gasteiger partial charge in [0.1, 0.15) is 5.88 Å². The van der Waals surface area contributed by atoms with Crippen molar-refractivity contribution in [3.8, 4) is 5.95 Å². The quantitative estimate of drug-likeness (QED) is 0.831. The zero-order chi connectivity index (χ0) is 12.3. The van der Waals surface area contributed by atoms with Gasteiger partial charge in [-0.3, -0.25) is 4.79 Å². The Morgan fingerprint density at radius 2 is 2.35 bits per heavy atom. The molecule has 0 spiro atoms. The highest BCUT2D eigenvalue weighted by Gasteiger charge is 2.06. The van der Waals surface area contributed by atoms with Crippen LogP contribution in [0, 0.1) is 6.92 Å². The minimum Gasteiger partial charge on any atom is -0.308 e. The van der Waals surface area contributed by atoms with E-state index in [2.05, 4.69) is 20.4 Å². The van der Waals surface area contributed by atoms with E-state index in [1.54, 1.807) is 24.5 Å². The van der Waals surface area contributed by atoms with Gasteiger partial charge in [-0.25, -0.2) is 14.6 Å². The largest absolute Gasteiger partial charge is 0.308 e. The van der Waals surface area contributed by atoms with E-state index in [1.807, 2.05) is 6.92 Å². The molecule has 0 saturated heterocycles. The van der Waals surface area contributed by atoms with Crippen LogP contribution in [-0.4, -0.2) is 31.5 Å². The number of alkyl halides is 1.